The van der Waals surface area contributed by atoms with Gasteiger partial charge in [-0.3, -0.25) is 54.0 Å². The van der Waals surface area contributed by atoms with Gasteiger partial charge in [0.15, 0.2) is 11.9 Å². The van der Waals surface area contributed by atoms with Crippen molar-refractivity contribution in [2.24, 2.45) is 23.3 Å². The molecule has 0 aliphatic rings. The Morgan fingerprint density at radius 3 is 1.20 bits per heavy atom. The smallest absolute Gasteiger partial charge is 0.243 e. The van der Waals surface area contributed by atoms with Crippen LogP contribution in [0, 0.1) is 22.7 Å². The summed E-state index contributed by atoms with van der Waals surface area (Å²) in [6.07, 6.45) is 15.9. The molecule has 0 unspecified atom stereocenters. The number of likely N-dealkylation sites (N-methyl/N-ethyl adjacent to an activating group) is 1. The predicted molar refractivity (Wildman–Crippen MR) is 350 cm³/mol. The van der Waals surface area contributed by atoms with Gasteiger partial charge in [0.25, 0.3) is 0 Å². The van der Waals surface area contributed by atoms with E-state index < -0.39 is 95.6 Å². The van der Waals surface area contributed by atoms with Crippen molar-refractivity contribution in [1.82, 2.24) is 58.5 Å². The molecule has 0 aliphatic heterocycles. The van der Waals surface area contributed by atoms with E-state index in [1.54, 1.807) is 42.5 Å². The maximum atomic E-state index is 14.8. The summed E-state index contributed by atoms with van der Waals surface area (Å²) in [5, 5.41) is 55.1. The Balaban J connectivity index is 2.42. The molecule has 0 bridgehead atoms. The van der Waals surface area contributed by atoms with Gasteiger partial charge in [-0.25, -0.2) is 0 Å². The molecule has 18 N–H and O–H groups in total. The third-order valence-electron chi connectivity index (χ3n) is 15.1. The molecule has 0 fully saturated rings. The Bertz CT molecular complexity index is 2540. The van der Waals surface area contributed by atoms with Gasteiger partial charge in [-0.2, -0.15) is 0 Å². The number of aromatic hydroxyl groups is 1. The van der Waals surface area contributed by atoms with Gasteiger partial charge in [0.1, 0.15) is 54.1 Å². The number of guanidine groups is 2. The fourth-order valence-corrected chi connectivity index (χ4v) is 10.1. The minimum atomic E-state index is -1.41. The van der Waals surface area contributed by atoms with Crippen molar-refractivity contribution in [2.75, 3.05) is 20.1 Å². The van der Waals surface area contributed by atoms with Crippen LogP contribution in [0.15, 0.2) is 54.6 Å². The second-order valence-electron chi connectivity index (χ2n) is 24.3. The minimum absolute atomic E-state index is 0.00590. The van der Waals surface area contributed by atoms with Crippen molar-refractivity contribution >= 4 is 65.1 Å². The average molecular weight is 1260 g/mol. The van der Waals surface area contributed by atoms with Crippen LogP contribution in [0.25, 0.3) is 0 Å². The maximum absolute atomic E-state index is 14.8. The Morgan fingerprint density at radius 1 is 0.422 bits per heavy atom. The SMILES string of the molecule is CCCCCCCCCCCCCCCC(=O)N[C@@H](CC(C)C)C(=O)N[C@@H](C)C(=O)N[C@@H](Cc1ccc(O)cc1)C(=O)N[C@@H](Cc1ccccc1)C(=O)N[C@@H](CCCNC(=N)N)C(=O)N[C@@H](CCCNC(=N)N)C(=O)N[C@@H](CC(C)C)C(=O)N[C@@H](C)C(=O)NC. The molecular formula is C65H109N15O10. The second kappa shape index (κ2) is 44.5. The molecule has 90 heavy (non-hydrogen) atoms. The number of phenols is 1. The van der Waals surface area contributed by atoms with Crippen molar-refractivity contribution < 1.29 is 48.3 Å². The van der Waals surface area contributed by atoms with Crippen LogP contribution in [0.5, 0.6) is 5.75 Å². The first kappa shape index (κ1) is 78.1. The summed E-state index contributed by atoms with van der Waals surface area (Å²) in [5.41, 5.74) is 12.2. The molecule has 504 valence electrons. The molecule has 0 aliphatic carbocycles. The molecule has 0 saturated carbocycles. The van der Waals surface area contributed by atoms with Crippen LogP contribution in [0.1, 0.15) is 188 Å². The lowest BCUT2D eigenvalue weighted by Gasteiger charge is -2.28. The molecule has 25 nitrogen and oxygen atoms in total. The fraction of sp³-hybridized carbons (Fsp3) is 0.646. The van der Waals surface area contributed by atoms with Gasteiger partial charge in [-0.05, 0) is 93.9 Å². The molecule has 8 atom stereocenters. The highest BCUT2D eigenvalue weighted by Gasteiger charge is 2.35. The van der Waals surface area contributed by atoms with Crippen LogP contribution < -0.4 is 70.0 Å². The molecule has 2 aromatic rings. The number of hydrogen-bond acceptors (Lipinski definition) is 12. The lowest BCUT2D eigenvalue weighted by Crippen LogP contribution is -2.60. The van der Waals surface area contributed by atoms with Gasteiger partial charge in [-0.15, -0.1) is 0 Å². The van der Waals surface area contributed by atoms with E-state index in [0.29, 0.717) is 24.0 Å². The first-order valence-corrected chi connectivity index (χ1v) is 32.4. The van der Waals surface area contributed by atoms with Gasteiger partial charge in [0.2, 0.25) is 53.2 Å². The highest BCUT2D eigenvalue weighted by molar-refractivity contribution is 5.98. The van der Waals surface area contributed by atoms with Crippen LogP contribution in [-0.2, 0) is 56.0 Å². The zero-order chi connectivity index (χ0) is 67.0. The molecule has 2 aromatic carbocycles. The Kier molecular flexibility index (Phi) is 38.6. The molecule has 0 spiro atoms. The first-order valence-electron chi connectivity index (χ1n) is 32.4. The van der Waals surface area contributed by atoms with Gasteiger partial charge in [-0.1, -0.05) is 154 Å². The van der Waals surface area contributed by atoms with Crippen molar-refractivity contribution in [1.29, 1.82) is 10.8 Å². The number of rotatable bonds is 46. The lowest BCUT2D eigenvalue weighted by molar-refractivity contribution is -0.136. The summed E-state index contributed by atoms with van der Waals surface area (Å²) in [6.45, 7) is 12.9. The topological polar surface area (TPSA) is 406 Å². The highest BCUT2D eigenvalue weighted by Crippen LogP contribution is 2.16. The number of amides is 9. The zero-order valence-corrected chi connectivity index (χ0v) is 54.7. The number of phenolic OH excluding ortho intramolecular Hbond substituents is 1. The second-order valence-corrected chi connectivity index (χ2v) is 24.3. The van der Waals surface area contributed by atoms with E-state index in [1.165, 1.54) is 90.8 Å². The standard InChI is InChI=1S/C65H109N15O10/c1-9-10-11-12-13-14-15-16-17-18-19-20-24-31-55(82)75-51(38-42(2)3)60(87)74-45(7)57(84)78-53(41-47-32-34-48(81)35-33-47)63(90)80-54(40-46-27-22-21-23-28-46)62(89)77-49(29-25-36-71-64(66)67)58(85)76-50(30-26-37-72-65(68)69)59(86)79-52(39-43(4)5)61(88)73-44(6)56(83)70-8/h21-23,27-28,32-35,42-45,49-54,81H,9-20,24-26,29-31,36-41H2,1-8H3,(H,70,83)(H,73,88)(H,74,87)(H,75,82)(H,76,85)(H,77,89)(H,78,84)(H,79,86)(H,80,90)(H4,66,67,71)(H4,68,69,72)/t44-,45-,49-,50-,51-,52-,53-,54-/m0/s1. The Labute approximate surface area is 533 Å². The van der Waals surface area contributed by atoms with Gasteiger partial charge in [0.05, 0.1) is 0 Å². The number of benzene rings is 2. The molecule has 0 radical (unpaired) electrons. The molecular weight excluding hydrogens is 1150 g/mol. The van der Waals surface area contributed by atoms with Crippen LogP contribution in [0.4, 0.5) is 0 Å². The summed E-state index contributed by atoms with van der Waals surface area (Å²) in [7, 11) is 1.42. The number of hydrogen-bond donors (Lipinski definition) is 16. The van der Waals surface area contributed by atoms with Crippen LogP contribution in [0.2, 0.25) is 0 Å². The lowest BCUT2D eigenvalue weighted by atomic mass is 10.0. The van der Waals surface area contributed by atoms with E-state index in [2.05, 4.69) is 65.4 Å². The monoisotopic (exact) mass is 1260 g/mol. The van der Waals surface area contributed by atoms with Gasteiger partial charge in [0, 0.05) is 39.4 Å². The number of carbonyl (C=O) groups is 9. The molecule has 0 aromatic heterocycles. The molecule has 0 saturated heterocycles. The number of nitrogens with two attached hydrogens (primary N) is 2. The van der Waals surface area contributed by atoms with Crippen molar-refractivity contribution in [2.45, 2.75) is 238 Å². The van der Waals surface area contributed by atoms with E-state index >= 15 is 0 Å². The van der Waals surface area contributed by atoms with Crippen molar-refractivity contribution in [3.05, 3.63) is 65.7 Å². The summed E-state index contributed by atoms with van der Waals surface area (Å²) < 4.78 is 0. The molecule has 2 rings (SSSR count). The number of unbranched alkanes of at least 4 members (excludes halogenated alkanes) is 12. The normalized spacial score (nSPS) is 13.8. The van der Waals surface area contributed by atoms with Crippen LogP contribution >= 0.6 is 0 Å². The predicted octanol–water partition coefficient (Wildman–Crippen LogP) is 3.94. The zero-order valence-electron chi connectivity index (χ0n) is 54.7. The van der Waals surface area contributed by atoms with E-state index in [4.69, 9.17) is 22.3 Å². The summed E-state index contributed by atoms with van der Waals surface area (Å²) >= 11 is 0. The number of carbonyl (C=O) groups excluding carboxylic acids is 9. The van der Waals surface area contributed by atoms with Gasteiger partial charge < -0.3 is 75.1 Å². The maximum Gasteiger partial charge on any atom is 0.243 e. The summed E-state index contributed by atoms with van der Waals surface area (Å²) in [4.78, 5) is 126. The molecule has 0 heterocycles. The fourth-order valence-electron chi connectivity index (χ4n) is 10.1. The van der Waals surface area contributed by atoms with Crippen molar-refractivity contribution in [3.8, 4) is 5.75 Å². The number of nitrogens with one attached hydrogen (secondary N) is 13. The Morgan fingerprint density at radius 2 is 0.778 bits per heavy atom. The minimum Gasteiger partial charge on any atom is -0.508 e. The largest absolute Gasteiger partial charge is 0.508 e. The van der Waals surface area contributed by atoms with Crippen molar-refractivity contribution in [3.63, 3.8) is 0 Å². The average Bonchev–Trinajstić information content (AvgIpc) is 3.29. The molecule has 25 heteroatoms. The third kappa shape index (κ3) is 34.1. The Hall–Kier alpha value is -7.99. The van der Waals surface area contributed by atoms with Crippen LogP contribution in [-0.4, -0.2) is 139 Å². The van der Waals surface area contributed by atoms with Crippen LogP contribution in [0.3, 0.4) is 0 Å². The summed E-state index contributed by atoms with van der Waals surface area (Å²) in [6, 6.07) is 4.89. The summed E-state index contributed by atoms with van der Waals surface area (Å²) in [5.74, 6) is -6.76. The van der Waals surface area contributed by atoms with E-state index in [9.17, 15) is 48.3 Å². The van der Waals surface area contributed by atoms with Gasteiger partial charge >= 0.3 is 0 Å². The van der Waals surface area contributed by atoms with E-state index in [0.717, 1.165) is 19.3 Å². The van der Waals surface area contributed by atoms with E-state index in [1.807, 2.05) is 27.7 Å². The third-order valence-corrected chi connectivity index (χ3v) is 15.1. The quantitative estimate of drug-likeness (QED) is 0.0254. The highest BCUT2D eigenvalue weighted by atomic mass is 16.3. The first-order chi connectivity index (χ1) is 42.8. The van der Waals surface area contributed by atoms with E-state index in [-0.39, 0.29) is 99.9 Å². The molecule has 9 amide bonds.